The smallest absolute Gasteiger partial charge is 0.251 e. The molecule has 1 amide bonds. The van der Waals surface area contributed by atoms with Crippen molar-refractivity contribution in [3.8, 4) is 0 Å². The Bertz CT molecular complexity index is 639. The van der Waals surface area contributed by atoms with Gasteiger partial charge in [-0.3, -0.25) is 9.79 Å². The first-order valence-electron chi connectivity index (χ1n) is 10.3. The summed E-state index contributed by atoms with van der Waals surface area (Å²) in [6.45, 7) is 7.55. The molecule has 2 rings (SSSR count). The summed E-state index contributed by atoms with van der Waals surface area (Å²) in [7, 11) is 5.65. The van der Waals surface area contributed by atoms with Crippen LogP contribution >= 0.6 is 24.0 Å². The zero-order valence-corrected chi connectivity index (χ0v) is 20.4. The van der Waals surface area contributed by atoms with Crippen LogP contribution in [-0.4, -0.2) is 88.6 Å². The van der Waals surface area contributed by atoms with Gasteiger partial charge in [0.15, 0.2) is 5.96 Å². The Morgan fingerprint density at radius 3 is 2.69 bits per heavy atom. The summed E-state index contributed by atoms with van der Waals surface area (Å²) in [5.41, 5.74) is 1.83. The van der Waals surface area contributed by atoms with Gasteiger partial charge in [0.25, 0.3) is 5.91 Å². The average Bonchev–Trinajstić information content (AvgIpc) is 2.93. The number of likely N-dealkylation sites (N-methyl/N-ethyl adjacent to an activating group) is 1. The van der Waals surface area contributed by atoms with Crippen molar-refractivity contribution in [2.45, 2.75) is 19.3 Å². The van der Waals surface area contributed by atoms with E-state index in [9.17, 15) is 4.79 Å². The highest BCUT2D eigenvalue weighted by molar-refractivity contribution is 14.0. The van der Waals surface area contributed by atoms with Gasteiger partial charge in [0.05, 0.1) is 0 Å². The minimum Gasteiger partial charge on any atom is -0.356 e. The fourth-order valence-corrected chi connectivity index (χ4v) is 3.39. The molecule has 0 radical (unpaired) electrons. The number of guanidine groups is 1. The highest BCUT2D eigenvalue weighted by Crippen LogP contribution is 2.06. The number of halogens is 1. The molecular formula is C21H37IN6O. The van der Waals surface area contributed by atoms with Gasteiger partial charge in [-0.25, -0.2) is 0 Å². The van der Waals surface area contributed by atoms with Crippen molar-refractivity contribution in [3.63, 3.8) is 0 Å². The number of benzene rings is 1. The van der Waals surface area contributed by atoms with Gasteiger partial charge >= 0.3 is 0 Å². The molecule has 1 heterocycles. The second-order valence-corrected chi connectivity index (χ2v) is 7.31. The lowest BCUT2D eigenvalue weighted by Gasteiger charge is -2.20. The maximum atomic E-state index is 11.7. The lowest BCUT2D eigenvalue weighted by atomic mass is 10.1. The van der Waals surface area contributed by atoms with Crippen LogP contribution in [0.3, 0.4) is 0 Å². The van der Waals surface area contributed by atoms with Gasteiger partial charge in [-0.15, -0.1) is 24.0 Å². The summed E-state index contributed by atoms with van der Waals surface area (Å²) in [6, 6.07) is 7.74. The summed E-state index contributed by atoms with van der Waals surface area (Å²) in [4.78, 5) is 21.0. The molecule has 29 heavy (non-hydrogen) atoms. The van der Waals surface area contributed by atoms with Crippen molar-refractivity contribution in [1.82, 2.24) is 25.8 Å². The van der Waals surface area contributed by atoms with Crippen LogP contribution in [0.15, 0.2) is 29.3 Å². The Kier molecular flexibility index (Phi) is 12.9. The van der Waals surface area contributed by atoms with Gasteiger partial charge in [-0.1, -0.05) is 12.1 Å². The lowest BCUT2D eigenvalue weighted by molar-refractivity contribution is 0.0963. The van der Waals surface area contributed by atoms with E-state index in [4.69, 9.17) is 0 Å². The fourth-order valence-electron chi connectivity index (χ4n) is 3.39. The van der Waals surface area contributed by atoms with E-state index < -0.39 is 0 Å². The van der Waals surface area contributed by atoms with Crippen LogP contribution in [0.4, 0.5) is 0 Å². The molecule has 7 nitrogen and oxygen atoms in total. The maximum Gasteiger partial charge on any atom is 0.251 e. The molecule has 8 heteroatoms. The SMILES string of the molecule is CN=C(NCCCN1CCCN(C)CC1)NCCc1cccc(C(=O)NC)c1.I. The number of nitrogens with one attached hydrogen (secondary N) is 3. The number of carbonyl (C=O) groups excluding carboxylic acids is 1. The predicted octanol–water partition coefficient (Wildman–Crippen LogP) is 1.40. The van der Waals surface area contributed by atoms with Gasteiger partial charge < -0.3 is 25.8 Å². The van der Waals surface area contributed by atoms with Crippen molar-refractivity contribution >= 4 is 35.8 Å². The van der Waals surface area contributed by atoms with E-state index in [2.05, 4.69) is 37.8 Å². The summed E-state index contributed by atoms with van der Waals surface area (Å²) >= 11 is 0. The predicted molar refractivity (Wildman–Crippen MR) is 131 cm³/mol. The molecule has 0 saturated carbocycles. The highest BCUT2D eigenvalue weighted by atomic mass is 127. The molecule has 1 aliphatic heterocycles. The molecule has 3 N–H and O–H groups in total. The monoisotopic (exact) mass is 516 g/mol. The Morgan fingerprint density at radius 1 is 1.14 bits per heavy atom. The first kappa shape index (κ1) is 25.6. The van der Waals surface area contributed by atoms with Crippen molar-refractivity contribution in [1.29, 1.82) is 0 Å². The third-order valence-electron chi connectivity index (χ3n) is 5.10. The van der Waals surface area contributed by atoms with Gasteiger partial charge in [0.2, 0.25) is 0 Å². The highest BCUT2D eigenvalue weighted by Gasteiger charge is 2.11. The number of amides is 1. The number of hydrogen-bond donors (Lipinski definition) is 3. The Morgan fingerprint density at radius 2 is 1.93 bits per heavy atom. The Hall–Kier alpha value is -1.39. The van der Waals surface area contributed by atoms with Crippen molar-refractivity contribution in [3.05, 3.63) is 35.4 Å². The van der Waals surface area contributed by atoms with Crippen LogP contribution in [0.2, 0.25) is 0 Å². The largest absolute Gasteiger partial charge is 0.356 e. The van der Waals surface area contributed by atoms with Crippen LogP contribution < -0.4 is 16.0 Å². The van der Waals surface area contributed by atoms with Crippen molar-refractivity contribution < 1.29 is 4.79 Å². The van der Waals surface area contributed by atoms with Crippen LogP contribution in [0, 0.1) is 0 Å². The second-order valence-electron chi connectivity index (χ2n) is 7.31. The number of aliphatic imine (C=N–C) groups is 1. The zero-order valence-electron chi connectivity index (χ0n) is 18.0. The first-order valence-corrected chi connectivity index (χ1v) is 10.3. The zero-order chi connectivity index (χ0) is 20.2. The van der Waals surface area contributed by atoms with Gasteiger partial charge in [-0.05, 0) is 63.6 Å². The molecule has 0 spiro atoms. The summed E-state index contributed by atoms with van der Waals surface area (Å²) in [5.74, 6) is 0.779. The number of nitrogens with zero attached hydrogens (tertiary/aromatic N) is 3. The molecule has 0 atom stereocenters. The van der Waals surface area contributed by atoms with Crippen molar-refractivity contribution in [2.24, 2.45) is 4.99 Å². The molecule has 164 valence electrons. The van der Waals surface area contributed by atoms with Crippen LogP contribution in [-0.2, 0) is 6.42 Å². The summed E-state index contributed by atoms with van der Waals surface area (Å²) in [6.07, 6.45) is 3.21. The van der Waals surface area contributed by atoms with Crippen LogP contribution in [0.5, 0.6) is 0 Å². The molecule has 1 fully saturated rings. The molecule has 0 unspecified atom stereocenters. The minimum atomic E-state index is -0.0525. The van der Waals surface area contributed by atoms with E-state index >= 15 is 0 Å². The number of carbonyl (C=O) groups is 1. The Labute approximate surface area is 192 Å². The summed E-state index contributed by atoms with van der Waals surface area (Å²) < 4.78 is 0. The van der Waals surface area contributed by atoms with E-state index in [0.29, 0.717) is 5.56 Å². The van der Waals surface area contributed by atoms with Gasteiger partial charge in [0.1, 0.15) is 0 Å². The van der Waals surface area contributed by atoms with Crippen molar-refractivity contribution in [2.75, 3.05) is 67.0 Å². The van der Waals surface area contributed by atoms with E-state index in [-0.39, 0.29) is 29.9 Å². The third-order valence-corrected chi connectivity index (χ3v) is 5.10. The standard InChI is InChI=1S/C21H36N6O.HI/c1-22-20(28)19-8-4-7-18(17-19)9-11-25-21(23-2)24-10-5-13-27-14-6-12-26(3)15-16-27;/h4,7-8,17H,5-6,9-16H2,1-3H3,(H,22,28)(H2,23,24,25);1H. The average molecular weight is 516 g/mol. The van der Waals surface area contributed by atoms with Crippen LogP contribution in [0.25, 0.3) is 0 Å². The van der Waals surface area contributed by atoms with E-state index in [0.717, 1.165) is 50.5 Å². The number of rotatable bonds is 8. The normalized spacial score (nSPS) is 15.9. The fraction of sp³-hybridized carbons (Fsp3) is 0.619. The van der Waals surface area contributed by atoms with Gasteiger partial charge in [0, 0.05) is 45.8 Å². The molecule has 0 aromatic heterocycles. The molecule has 1 aromatic rings. The minimum absolute atomic E-state index is 0. The van der Waals surface area contributed by atoms with Gasteiger partial charge in [-0.2, -0.15) is 0 Å². The third kappa shape index (κ3) is 9.77. The molecule has 0 bridgehead atoms. The molecule has 1 saturated heterocycles. The number of hydrogen-bond acceptors (Lipinski definition) is 4. The van der Waals surface area contributed by atoms with Crippen LogP contribution in [0.1, 0.15) is 28.8 Å². The topological polar surface area (TPSA) is 72.0 Å². The Balaban J connectivity index is 0.00000420. The van der Waals surface area contributed by atoms with E-state index in [1.807, 2.05) is 24.3 Å². The first-order chi connectivity index (χ1) is 13.6. The summed E-state index contributed by atoms with van der Waals surface area (Å²) in [5, 5.41) is 9.41. The maximum absolute atomic E-state index is 11.7. The second kappa shape index (κ2) is 14.6. The molecular weight excluding hydrogens is 479 g/mol. The van der Waals surface area contributed by atoms with E-state index in [1.165, 1.54) is 26.1 Å². The quantitative estimate of drug-likeness (QED) is 0.211. The van der Waals surface area contributed by atoms with E-state index in [1.54, 1.807) is 14.1 Å². The molecule has 0 aliphatic carbocycles. The molecule has 1 aliphatic rings. The lowest BCUT2D eigenvalue weighted by Crippen LogP contribution is -2.40. The molecule has 1 aromatic carbocycles.